The number of aryl methyl sites for hydroxylation is 1. The molecule has 0 saturated heterocycles. The molecule has 0 fully saturated rings. The molecule has 0 radical (unpaired) electrons. The maximum absolute atomic E-state index is 13.7. The summed E-state index contributed by atoms with van der Waals surface area (Å²) in [6, 6.07) is 7.70. The summed E-state index contributed by atoms with van der Waals surface area (Å²) in [6.45, 7) is 2.48. The van der Waals surface area contributed by atoms with Crippen LogP contribution in [0.4, 0.5) is 4.39 Å². The molecule has 3 aromatic rings. The van der Waals surface area contributed by atoms with E-state index < -0.39 is 0 Å². The van der Waals surface area contributed by atoms with E-state index in [4.69, 9.17) is 16.3 Å². The molecule has 6 nitrogen and oxygen atoms in total. The molecule has 144 valence electrons. The van der Waals surface area contributed by atoms with Gasteiger partial charge in [-0.05, 0) is 48.9 Å². The molecule has 0 aliphatic carbocycles. The Hall–Kier alpha value is -3.06. The lowest BCUT2D eigenvalue weighted by atomic mass is 10.2. The molecule has 0 spiro atoms. The number of rotatable bonds is 5. The molecule has 1 atom stereocenters. The number of nitrogens with one attached hydrogen (secondary N) is 1. The quantitative estimate of drug-likeness (QED) is 0.527. The highest BCUT2D eigenvalue weighted by Crippen LogP contribution is 2.24. The number of halogens is 2. The molecule has 8 heteroatoms. The molecule has 1 aliphatic rings. The fourth-order valence-electron chi connectivity index (χ4n) is 3.10. The molecule has 0 saturated carbocycles. The second-order valence-electron chi connectivity index (χ2n) is 6.42. The average Bonchev–Trinajstić information content (AvgIpc) is 2.99. The van der Waals surface area contributed by atoms with Crippen LogP contribution < -0.4 is 10.9 Å². The van der Waals surface area contributed by atoms with Crippen molar-refractivity contribution in [3.05, 3.63) is 82.4 Å². The zero-order valence-electron chi connectivity index (χ0n) is 15.1. The van der Waals surface area contributed by atoms with Crippen LogP contribution in [0.3, 0.4) is 0 Å². The molecule has 0 bridgehead atoms. The van der Waals surface area contributed by atoms with E-state index in [-0.39, 0.29) is 30.0 Å². The Morgan fingerprint density at radius 1 is 1.32 bits per heavy atom. The lowest BCUT2D eigenvalue weighted by Crippen LogP contribution is -2.25. The third kappa shape index (κ3) is 3.66. The van der Waals surface area contributed by atoms with Crippen molar-refractivity contribution in [2.45, 2.75) is 19.0 Å². The number of ether oxygens (including phenoxy) is 1. The lowest BCUT2D eigenvalue weighted by Gasteiger charge is -2.14. The Morgan fingerprint density at radius 2 is 2.18 bits per heavy atom. The third-order valence-corrected chi connectivity index (χ3v) is 4.70. The normalized spacial score (nSPS) is 16.1. The standard InChI is InChI=1S/C20H18ClFN4O2/c1-13-12-25(17-10-14(22)2-3-16(13)17)19-4-5-20(27)26(24-19)8-9-28-15-6-7-23-18(21)11-15/h2-7,10-12,18,23H,8-9H2,1H3. The maximum Gasteiger partial charge on any atom is 0.266 e. The minimum absolute atomic E-state index is 0.239. The largest absolute Gasteiger partial charge is 0.492 e. The molecule has 2 aromatic heterocycles. The number of hydrogen-bond donors (Lipinski definition) is 1. The Bertz CT molecular complexity index is 1150. The van der Waals surface area contributed by atoms with Gasteiger partial charge in [-0.3, -0.25) is 9.36 Å². The summed E-state index contributed by atoms with van der Waals surface area (Å²) >= 11 is 5.97. The van der Waals surface area contributed by atoms with Crippen LogP contribution >= 0.6 is 11.6 Å². The van der Waals surface area contributed by atoms with E-state index in [1.54, 1.807) is 35.1 Å². The van der Waals surface area contributed by atoms with E-state index in [1.807, 2.05) is 13.1 Å². The predicted octanol–water partition coefficient (Wildman–Crippen LogP) is 3.22. The number of dihydropyridines is 1. The molecule has 0 amide bonds. The molecule has 28 heavy (non-hydrogen) atoms. The third-order valence-electron chi connectivity index (χ3n) is 4.45. The highest BCUT2D eigenvalue weighted by molar-refractivity contribution is 6.21. The van der Waals surface area contributed by atoms with Gasteiger partial charge >= 0.3 is 0 Å². The average molecular weight is 401 g/mol. The van der Waals surface area contributed by atoms with E-state index in [1.165, 1.54) is 22.9 Å². The van der Waals surface area contributed by atoms with Gasteiger partial charge in [0.05, 0.1) is 12.1 Å². The summed E-state index contributed by atoms with van der Waals surface area (Å²) in [7, 11) is 0. The van der Waals surface area contributed by atoms with Crippen LogP contribution in [0.2, 0.25) is 0 Å². The van der Waals surface area contributed by atoms with Crippen LogP contribution in [-0.4, -0.2) is 26.5 Å². The van der Waals surface area contributed by atoms with Gasteiger partial charge in [-0.15, -0.1) is 0 Å². The van der Waals surface area contributed by atoms with Crippen LogP contribution in [-0.2, 0) is 11.3 Å². The second-order valence-corrected chi connectivity index (χ2v) is 6.89. The Labute approximate surface area is 165 Å². The van der Waals surface area contributed by atoms with Gasteiger partial charge in [-0.1, -0.05) is 11.6 Å². The fourth-order valence-corrected chi connectivity index (χ4v) is 3.30. The van der Waals surface area contributed by atoms with Crippen molar-refractivity contribution in [3.8, 4) is 5.82 Å². The number of nitrogens with zero attached hydrogens (tertiary/aromatic N) is 3. The summed E-state index contributed by atoms with van der Waals surface area (Å²) < 4.78 is 22.5. The van der Waals surface area contributed by atoms with Crippen molar-refractivity contribution in [3.63, 3.8) is 0 Å². The van der Waals surface area contributed by atoms with Crippen molar-refractivity contribution < 1.29 is 9.13 Å². The molecule has 4 rings (SSSR count). The molecular weight excluding hydrogens is 383 g/mol. The van der Waals surface area contributed by atoms with Crippen LogP contribution in [0.15, 0.2) is 65.4 Å². The number of aromatic nitrogens is 3. The van der Waals surface area contributed by atoms with E-state index in [2.05, 4.69) is 10.4 Å². The van der Waals surface area contributed by atoms with Crippen molar-refractivity contribution in [1.82, 2.24) is 19.7 Å². The zero-order valence-corrected chi connectivity index (χ0v) is 15.9. The van der Waals surface area contributed by atoms with E-state index in [0.717, 1.165) is 10.9 Å². The maximum atomic E-state index is 13.7. The molecular formula is C20H18ClFN4O2. The van der Waals surface area contributed by atoms with Gasteiger partial charge in [-0.2, -0.15) is 5.10 Å². The smallest absolute Gasteiger partial charge is 0.266 e. The molecule has 1 unspecified atom stereocenters. The number of fused-ring (bicyclic) bond motifs is 1. The summed E-state index contributed by atoms with van der Waals surface area (Å²) in [4.78, 5) is 12.2. The van der Waals surface area contributed by atoms with Crippen molar-refractivity contribution in [2.24, 2.45) is 0 Å². The van der Waals surface area contributed by atoms with Gasteiger partial charge in [0.2, 0.25) is 0 Å². The highest BCUT2D eigenvalue weighted by Gasteiger charge is 2.11. The first-order valence-electron chi connectivity index (χ1n) is 8.78. The van der Waals surface area contributed by atoms with Crippen molar-refractivity contribution in [1.29, 1.82) is 0 Å². The minimum atomic E-state index is -0.325. The van der Waals surface area contributed by atoms with Crippen LogP contribution in [0.25, 0.3) is 16.7 Å². The predicted molar refractivity (Wildman–Crippen MR) is 106 cm³/mol. The number of benzene rings is 1. The molecule has 1 aromatic carbocycles. The first kappa shape index (κ1) is 18.3. The minimum Gasteiger partial charge on any atom is -0.492 e. The lowest BCUT2D eigenvalue weighted by molar-refractivity contribution is 0.203. The van der Waals surface area contributed by atoms with Gasteiger partial charge in [0.25, 0.3) is 5.56 Å². The van der Waals surface area contributed by atoms with Crippen molar-refractivity contribution >= 4 is 22.5 Å². The topological polar surface area (TPSA) is 61.1 Å². The summed E-state index contributed by atoms with van der Waals surface area (Å²) in [6.07, 6.45) is 7.08. The van der Waals surface area contributed by atoms with Crippen molar-refractivity contribution in [2.75, 3.05) is 6.61 Å². The van der Waals surface area contributed by atoms with Gasteiger partial charge in [0.15, 0.2) is 5.82 Å². The summed E-state index contributed by atoms with van der Waals surface area (Å²) in [5, 5.41) is 8.26. The number of hydrogen-bond acceptors (Lipinski definition) is 4. The van der Waals surface area contributed by atoms with Gasteiger partial charge in [-0.25, -0.2) is 9.07 Å². The fraction of sp³-hybridized carbons (Fsp3) is 0.200. The SMILES string of the molecule is Cc1cn(-c2ccc(=O)n(CCOC3=CC(Cl)NC=C3)n2)c2cc(F)ccc12. The van der Waals surface area contributed by atoms with Gasteiger partial charge in [0.1, 0.15) is 23.7 Å². The highest BCUT2D eigenvalue weighted by atomic mass is 35.5. The summed E-state index contributed by atoms with van der Waals surface area (Å²) in [5.41, 5.74) is 1.13. The van der Waals surface area contributed by atoms with Gasteiger partial charge in [0, 0.05) is 23.8 Å². The molecule has 3 heterocycles. The Morgan fingerprint density at radius 3 is 3.00 bits per heavy atom. The summed E-state index contributed by atoms with van der Waals surface area (Å²) in [5.74, 6) is 0.838. The Kier molecular flexibility index (Phi) is 4.92. The van der Waals surface area contributed by atoms with Crippen LogP contribution in [0, 0.1) is 12.7 Å². The first-order valence-corrected chi connectivity index (χ1v) is 9.22. The molecule has 1 N–H and O–H groups in total. The number of allylic oxidation sites excluding steroid dienone is 1. The first-order chi connectivity index (χ1) is 13.5. The van der Waals surface area contributed by atoms with E-state index >= 15 is 0 Å². The van der Waals surface area contributed by atoms with Crippen LogP contribution in [0.1, 0.15) is 5.56 Å². The number of alkyl halides is 1. The second kappa shape index (κ2) is 7.52. The Balaban J connectivity index is 1.59. The van der Waals surface area contributed by atoms with Gasteiger partial charge < -0.3 is 10.1 Å². The zero-order chi connectivity index (χ0) is 19.7. The monoisotopic (exact) mass is 400 g/mol. The van der Waals surface area contributed by atoms with Crippen LogP contribution in [0.5, 0.6) is 0 Å². The van der Waals surface area contributed by atoms with E-state index in [0.29, 0.717) is 17.1 Å². The van der Waals surface area contributed by atoms with E-state index in [9.17, 15) is 9.18 Å². The molecule has 1 aliphatic heterocycles.